The zero-order valence-corrected chi connectivity index (χ0v) is 11.7. The molecule has 1 atom stereocenters. The summed E-state index contributed by atoms with van der Waals surface area (Å²) < 4.78 is 18.7. The normalized spacial score (nSPS) is 13.4. The Bertz CT molecular complexity index is 381. The third kappa shape index (κ3) is 5.05. The van der Waals surface area contributed by atoms with Gasteiger partial charge in [0.15, 0.2) is 0 Å². The summed E-state index contributed by atoms with van der Waals surface area (Å²) in [4.78, 5) is 0. The van der Waals surface area contributed by atoms with Gasteiger partial charge in [0.25, 0.3) is 0 Å². The first kappa shape index (κ1) is 15.0. The molecule has 0 saturated heterocycles. The monoisotopic (exact) mass is 254 g/mol. The Kier molecular flexibility index (Phi) is 5.15. The van der Waals surface area contributed by atoms with Crippen LogP contribution in [0.2, 0.25) is 0 Å². The number of aliphatic hydroxyl groups is 1. The first-order chi connectivity index (χ1) is 8.29. The van der Waals surface area contributed by atoms with E-state index in [1.807, 2.05) is 0 Å². The van der Waals surface area contributed by atoms with Crippen molar-refractivity contribution < 1.29 is 14.2 Å². The van der Waals surface area contributed by atoms with Crippen molar-refractivity contribution >= 4 is 0 Å². The van der Waals surface area contributed by atoms with Crippen molar-refractivity contribution in [1.82, 2.24) is 0 Å². The van der Waals surface area contributed by atoms with Crippen LogP contribution in [0.25, 0.3) is 0 Å². The number of aliphatic hydroxyl groups excluding tert-OH is 1. The Morgan fingerprint density at radius 1 is 1.33 bits per heavy atom. The van der Waals surface area contributed by atoms with Crippen LogP contribution in [0.1, 0.15) is 52.2 Å². The number of hydrogen-bond acceptors (Lipinski definition) is 2. The van der Waals surface area contributed by atoms with Crippen molar-refractivity contribution in [3.63, 3.8) is 0 Å². The zero-order chi connectivity index (χ0) is 13.8. The van der Waals surface area contributed by atoms with Gasteiger partial charge in [0.1, 0.15) is 11.6 Å². The van der Waals surface area contributed by atoms with Gasteiger partial charge < -0.3 is 9.84 Å². The minimum absolute atomic E-state index is 0.276. The highest BCUT2D eigenvalue weighted by molar-refractivity contribution is 5.35. The van der Waals surface area contributed by atoms with Crippen LogP contribution < -0.4 is 4.74 Å². The molecule has 0 aliphatic carbocycles. The van der Waals surface area contributed by atoms with Crippen molar-refractivity contribution in [2.45, 2.75) is 46.6 Å². The first-order valence-electron chi connectivity index (χ1n) is 6.40. The molecule has 0 heterocycles. The molecule has 1 N–H and O–H groups in total. The summed E-state index contributed by atoms with van der Waals surface area (Å²) in [7, 11) is 0. The third-order valence-corrected chi connectivity index (χ3v) is 2.75. The van der Waals surface area contributed by atoms with E-state index < -0.39 is 6.10 Å². The highest BCUT2D eigenvalue weighted by Gasteiger charge is 2.12. The summed E-state index contributed by atoms with van der Waals surface area (Å²) in [6.07, 6.45) is 1.31. The molecule has 3 heteroatoms. The van der Waals surface area contributed by atoms with Crippen LogP contribution in [0.3, 0.4) is 0 Å². The average Bonchev–Trinajstić information content (AvgIpc) is 2.22. The van der Waals surface area contributed by atoms with Crippen molar-refractivity contribution in [2.75, 3.05) is 6.61 Å². The molecule has 0 unspecified atom stereocenters. The van der Waals surface area contributed by atoms with E-state index in [9.17, 15) is 9.50 Å². The van der Waals surface area contributed by atoms with Crippen molar-refractivity contribution in [2.24, 2.45) is 5.41 Å². The molecule has 0 amide bonds. The highest BCUT2D eigenvalue weighted by atomic mass is 19.1. The van der Waals surface area contributed by atoms with Crippen molar-refractivity contribution in [3.8, 4) is 5.75 Å². The molecule has 0 fully saturated rings. The largest absolute Gasteiger partial charge is 0.493 e. The van der Waals surface area contributed by atoms with Gasteiger partial charge in [0.05, 0.1) is 12.7 Å². The van der Waals surface area contributed by atoms with Gasteiger partial charge in [0, 0.05) is 11.6 Å². The summed E-state index contributed by atoms with van der Waals surface area (Å²) in [5.41, 5.74) is 0.908. The van der Waals surface area contributed by atoms with E-state index in [1.54, 1.807) is 13.0 Å². The molecular formula is C15H23FO2. The second-order valence-electron chi connectivity index (χ2n) is 5.87. The van der Waals surface area contributed by atoms with Gasteiger partial charge in [0.2, 0.25) is 0 Å². The van der Waals surface area contributed by atoms with Crippen LogP contribution in [0.15, 0.2) is 18.2 Å². The van der Waals surface area contributed by atoms with E-state index in [4.69, 9.17) is 4.74 Å². The maximum Gasteiger partial charge on any atom is 0.127 e. The van der Waals surface area contributed by atoms with Crippen LogP contribution in [-0.2, 0) is 0 Å². The van der Waals surface area contributed by atoms with E-state index in [2.05, 4.69) is 20.8 Å². The Hall–Kier alpha value is -1.09. The van der Waals surface area contributed by atoms with Crippen LogP contribution in [-0.4, -0.2) is 11.7 Å². The number of hydrogen-bond donors (Lipinski definition) is 1. The zero-order valence-electron chi connectivity index (χ0n) is 11.7. The van der Waals surface area contributed by atoms with Crippen LogP contribution in [0.5, 0.6) is 5.75 Å². The number of halogens is 1. The summed E-state index contributed by atoms with van der Waals surface area (Å²) in [6, 6.07) is 4.24. The Morgan fingerprint density at radius 2 is 2.00 bits per heavy atom. The summed E-state index contributed by atoms with van der Waals surface area (Å²) in [5, 5.41) is 9.58. The second-order valence-corrected chi connectivity index (χ2v) is 5.87. The van der Waals surface area contributed by atoms with Crippen LogP contribution >= 0.6 is 0 Å². The SMILES string of the molecule is C[C@H](O)c1ccc(F)cc1OCCCC(C)(C)C. The van der Waals surface area contributed by atoms with Gasteiger partial charge in [-0.25, -0.2) is 4.39 Å². The molecule has 1 rings (SSSR count). The smallest absolute Gasteiger partial charge is 0.127 e. The fraction of sp³-hybridized carbons (Fsp3) is 0.600. The predicted molar refractivity (Wildman–Crippen MR) is 71.2 cm³/mol. The lowest BCUT2D eigenvalue weighted by Crippen LogP contribution is -2.09. The summed E-state index contributed by atoms with van der Waals surface area (Å²) in [5.74, 6) is 0.101. The minimum Gasteiger partial charge on any atom is -0.493 e. The lowest BCUT2D eigenvalue weighted by atomic mass is 9.91. The molecular weight excluding hydrogens is 231 g/mol. The average molecular weight is 254 g/mol. The maximum atomic E-state index is 13.1. The van der Waals surface area contributed by atoms with Gasteiger partial charge in [-0.05, 0) is 37.3 Å². The Labute approximate surface area is 109 Å². The lowest BCUT2D eigenvalue weighted by Gasteiger charge is -2.18. The molecule has 102 valence electrons. The molecule has 0 radical (unpaired) electrons. The number of benzene rings is 1. The molecule has 0 aliphatic rings. The fourth-order valence-electron chi connectivity index (χ4n) is 1.76. The molecule has 0 saturated carbocycles. The van der Waals surface area contributed by atoms with Crippen molar-refractivity contribution in [3.05, 3.63) is 29.6 Å². The van der Waals surface area contributed by atoms with E-state index >= 15 is 0 Å². The standard InChI is InChI=1S/C15H23FO2/c1-11(17)13-7-6-12(16)10-14(13)18-9-5-8-15(2,3)4/h6-7,10-11,17H,5,8-9H2,1-4H3/t11-/m0/s1. The number of ether oxygens (including phenoxy) is 1. The van der Waals surface area contributed by atoms with Gasteiger partial charge in [-0.3, -0.25) is 0 Å². The maximum absolute atomic E-state index is 13.1. The van der Waals surface area contributed by atoms with Gasteiger partial charge >= 0.3 is 0 Å². The van der Waals surface area contributed by atoms with Gasteiger partial charge in [-0.2, -0.15) is 0 Å². The van der Waals surface area contributed by atoms with Crippen LogP contribution in [0, 0.1) is 11.2 Å². The summed E-state index contributed by atoms with van der Waals surface area (Å²) >= 11 is 0. The highest BCUT2D eigenvalue weighted by Crippen LogP contribution is 2.27. The lowest BCUT2D eigenvalue weighted by molar-refractivity contribution is 0.189. The second kappa shape index (κ2) is 6.19. The molecule has 0 spiro atoms. The van der Waals surface area contributed by atoms with Crippen LogP contribution in [0.4, 0.5) is 4.39 Å². The fourth-order valence-corrected chi connectivity index (χ4v) is 1.76. The van der Waals surface area contributed by atoms with E-state index in [0.29, 0.717) is 17.9 Å². The Balaban J connectivity index is 2.58. The topological polar surface area (TPSA) is 29.5 Å². The molecule has 0 aliphatic heterocycles. The third-order valence-electron chi connectivity index (χ3n) is 2.75. The summed E-state index contributed by atoms with van der Waals surface area (Å²) in [6.45, 7) is 8.72. The quantitative estimate of drug-likeness (QED) is 0.802. The molecule has 1 aromatic rings. The molecule has 18 heavy (non-hydrogen) atoms. The minimum atomic E-state index is -0.650. The van der Waals surface area contributed by atoms with E-state index in [1.165, 1.54) is 12.1 Å². The van der Waals surface area contributed by atoms with Gasteiger partial charge in [-0.1, -0.05) is 20.8 Å². The molecule has 0 bridgehead atoms. The molecule has 1 aromatic carbocycles. The molecule has 2 nitrogen and oxygen atoms in total. The van der Waals surface area contributed by atoms with Gasteiger partial charge in [-0.15, -0.1) is 0 Å². The molecule has 0 aromatic heterocycles. The predicted octanol–water partition coefficient (Wildman–Crippen LogP) is 4.08. The Morgan fingerprint density at radius 3 is 2.56 bits per heavy atom. The first-order valence-corrected chi connectivity index (χ1v) is 6.40. The van der Waals surface area contributed by atoms with E-state index in [0.717, 1.165) is 12.8 Å². The van der Waals surface area contributed by atoms with E-state index in [-0.39, 0.29) is 11.2 Å². The van der Waals surface area contributed by atoms with Crippen molar-refractivity contribution in [1.29, 1.82) is 0 Å². The number of rotatable bonds is 5.